The van der Waals surface area contributed by atoms with Crippen molar-refractivity contribution < 1.29 is 19.0 Å². The Morgan fingerprint density at radius 1 is 1.11 bits per heavy atom. The molecule has 0 saturated carbocycles. The second-order valence-electron chi connectivity index (χ2n) is 3.79. The molecule has 1 aromatic carbocycles. The minimum Gasteiger partial charge on any atom is -0.494 e. The number of methoxy groups -OCH3 is 1. The van der Waals surface area contributed by atoms with Gasteiger partial charge in [-0.2, -0.15) is 0 Å². The van der Waals surface area contributed by atoms with Gasteiger partial charge in [0.15, 0.2) is 0 Å². The van der Waals surface area contributed by atoms with Crippen molar-refractivity contribution in [2.75, 3.05) is 20.3 Å². The summed E-state index contributed by atoms with van der Waals surface area (Å²) < 4.78 is 15.5. The number of carbonyl (C=O) groups is 1. The number of esters is 1. The molecule has 1 rings (SSSR count). The van der Waals surface area contributed by atoms with E-state index in [9.17, 15) is 4.79 Å². The average Bonchev–Trinajstić information content (AvgIpc) is 2.45. The number of benzene rings is 1. The molecule has 104 valence electrons. The van der Waals surface area contributed by atoms with E-state index in [1.807, 2.05) is 38.1 Å². The van der Waals surface area contributed by atoms with Crippen LogP contribution in [0.15, 0.2) is 35.9 Å². The van der Waals surface area contributed by atoms with Gasteiger partial charge in [-0.1, -0.05) is 6.92 Å². The van der Waals surface area contributed by atoms with Gasteiger partial charge in [-0.05, 0) is 43.7 Å². The first-order valence-electron chi connectivity index (χ1n) is 6.34. The molecular weight excluding hydrogens is 244 g/mol. The zero-order valence-electron chi connectivity index (χ0n) is 11.6. The first-order valence-corrected chi connectivity index (χ1v) is 6.34. The monoisotopic (exact) mass is 264 g/mol. The molecule has 0 bridgehead atoms. The Kier molecular flexibility index (Phi) is 6.50. The van der Waals surface area contributed by atoms with Crippen molar-refractivity contribution in [2.45, 2.75) is 20.3 Å². The molecule has 4 heteroatoms. The lowest BCUT2D eigenvalue weighted by Gasteiger charge is -2.07. The average molecular weight is 264 g/mol. The van der Waals surface area contributed by atoms with Gasteiger partial charge in [0.25, 0.3) is 0 Å². The van der Waals surface area contributed by atoms with Gasteiger partial charge in [0.2, 0.25) is 0 Å². The molecule has 4 nitrogen and oxygen atoms in total. The molecule has 0 saturated heterocycles. The third kappa shape index (κ3) is 5.04. The number of hydrogen-bond donors (Lipinski definition) is 0. The lowest BCUT2D eigenvalue weighted by Crippen LogP contribution is -2.06. The highest BCUT2D eigenvalue weighted by Crippen LogP contribution is 2.17. The first kappa shape index (κ1) is 15.1. The summed E-state index contributed by atoms with van der Waals surface area (Å²) in [6.45, 7) is 4.82. The van der Waals surface area contributed by atoms with Crippen molar-refractivity contribution in [3.63, 3.8) is 0 Å². The minimum absolute atomic E-state index is 0.308. The zero-order valence-corrected chi connectivity index (χ0v) is 11.6. The van der Waals surface area contributed by atoms with Gasteiger partial charge >= 0.3 is 5.97 Å². The molecule has 0 aromatic heterocycles. The Labute approximate surface area is 114 Å². The molecule has 1 aromatic rings. The van der Waals surface area contributed by atoms with Crippen LogP contribution in [0.5, 0.6) is 11.5 Å². The Balaban J connectivity index is 2.52. The van der Waals surface area contributed by atoms with E-state index in [0.717, 1.165) is 11.5 Å². The molecule has 0 spiro atoms. The van der Waals surface area contributed by atoms with E-state index >= 15 is 0 Å². The van der Waals surface area contributed by atoms with Crippen LogP contribution in [0.25, 0.3) is 0 Å². The van der Waals surface area contributed by atoms with Crippen molar-refractivity contribution >= 4 is 5.97 Å². The van der Waals surface area contributed by atoms with Gasteiger partial charge in [-0.3, -0.25) is 0 Å². The van der Waals surface area contributed by atoms with E-state index in [-0.39, 0.29) is 5.97 Å². The summed E-state index contributed by atoms with van der Waals surface area (Å²) in [5.41, 5.74) is 0.619. The number of ether oxygens (including phenoxy) is 3. The second-order valence-corrected chi connectivity index (χ2v) is 3.79. The fourth-order valence-corrected chi connectivity index (χ4v) is 1.54. The van der Waals surface area contributed by atoms with Crippen molar-refractivity contribution in [3.8, 4) is 11.5 Å². The van der Waals surface area contributed by atoms with Crippen molar-refractivity contribution in [1.29, 1.82) is 0 Å². The minimum atomic E-state index is -0.308. The van der Waals surface area contributed by atoms with E-state index in [1.165, 1.54) is 7.11 Å². The zero-order chi connectivity index (χ0) is 14.1. The maximum absolute atomic E-state index is 11.3. The Morgan fingerprint density at radius 2 is 1.68 bits per heavy atom. The normalized spacial score (nSPS) is 11.0. The number of hydrogen-bond acceptors (Lipinski definition) is 4. The maximum atomic E-state index is 11.3. The van der Waals surface area contributed by atoms with Crippen LogP contribution in [-0.4, -0.2) is 26.3 Å². The highest BCUT2D eigenvalue weighted by molar-refractivity contribution is 5.88. The van der Waals surface area contributed by atoms with Crippen molar-refractivity contribution in [2.24, 2.45) is 0 Å². The van der Waals surface area contributed by atoms with Crippen LogP contribution in [0.2, 0.25) is 0 Å². The topological polar surface area (TPSA) is 44.8 Å². The quantitative estimate of drug-likeness (QED) is 0.561. The van der Waals surface area contributed by atoms with Crippen LogP contribution in [0.4, 0.5) is 0 Å². The van der Waals surface area contributed by atoms with Crippen LogP contribution in [0.3, 0.4) is 0 Å². The van der Waals surface area contributed by atoms with Crippen LogP contribution < -0.4 is 9.47 Å². The molecule has 0 N–H and O–H groups in total. The van der Waals surface area contributed by atoms with Gasteiger partial charge in [-0.25, -0.2) is 4.79 Å². The SMILES string of the molecule is CCOc1ccc(OCC=C(CC)C(=O)OC)cc1. The molecule has 0 amide bonds. The van der Waals surface area contributed by atoms with E-state index in [1.54, 1.807) is 6.08 Å². The van der Waals surface area contributed by atoms with E-state index in [2.05, 4.69) is 4.74 Å². The molecule has 0 aliphatic rings. The molecule has 0 aliphatic carbocycles. The summed E-state index contributed by atoms with van der Waals surface area (Å²) in [4.78, 5) is 11.3. The molecule has 19 heavy (non-hydrogen) atoms. The van der Waals surface area contributed by atoms with E-state index < -0.39 is 0 Å². The lowest BCUT2D eigenvalue weighted by molar-refractivity contribution is -0.136. The number of rotatable bonds is 7. The van der Waals surface area contributed by atoms with E-state index in [4.69, 9.17) is 9.47 Å². The third-order valence-electron chi connectivity index (χ3n) is 2.54. The van der Waals surface area contributed by atoms with Crippen LogP contribution in [0, 0.1) is 0 Å². The number of carbonyl (C=O) groups excluding carboxylic acids is 1. The van der Waals surface area contributed by atoms with Gasteiger partial charge in [0, 0.05) is 5.57 Å². The van der Waals surface area contributed by atoms with Gasteiger partial charge in [0.05, 0.1) is 13.7 Å². The van der Waals surface area contributed by atoms with Gasteiger partial charge in [-0.15, -0.1) is 0 Å². The van der Waals surface area contributed by atoms with Crippen LogP contribution >= 0.6 is 0 Å². The highest BCUT2D eigenvalue weighted by atomic mass is 16.5. The second kappa shape index (κ2) is 8.19. The molecule has 0 heterocycles. The highest BCUT2D eigenvalue weighted by Gasteiger charge is 2.06. The Bertz CT molecular complexity index is 420. The summed E-state index contributed by atoms with van der Waals surface area (Å²) >= 11 is 0. The summed E-state index contributed by atoms with van der Waals surface area (Å²) in [6.07, 6.45) is 2.36. The first-order chi connectivity index (χ1) is 9.21. The van der Waals surface area contributed by atoms with Gasteiger partial charge < -0.3 is 14.2 Å². The molecule has 0 fully saturated rings. The summed E-state index contributed by atoms with van der Waals surface area (Å²) in [5, 5.41) is 0. The van der Waals surface area contributed by atoms with Crippen molar-refractivity contribution in [1.82, 2.24) is 0 Å². The van der Waals surface area contributed by atoms with Crippen molar-refractivity contribution in [3.05, 3.63) is 35.9 Å². The standard InChI is InChI=1S/C15H20O4/c1-4-12(15(16)17-3)10-11-19-14-8-6-13(7-9-14)18-5-2/h6-10H,4-5,11H2,1-3H3. The molecular formula is C15H20O4. The fourth-order valence-electron chi connectivity index (χ4n) is 1.54. The third-order valence-corrected chi connectivity index (χ3v) is 2.54. The Hall–Kier alpha value is -1.97. The van der Waals surface area contributed by atoms with Gasteiger partial charge in [0.1, 0.15) is 18.1 Å². The lowest BCUT2D eigenvalue weighted by atomic mass is 10.2. The smallest absolute Gasteiger partial charge is 0.333 e. The van der Waals surface area contributed by atoms with Crippen LogP contribution in [0.1, 0.15) is 20.3 Å². The Morgan fingerprint density at radius 3 is 2.16 bits per heavy atom. The predicted molar refractivity (Wildman–Crippen MR) is 73.5 cm³/mol. The molecule has 0 unspecified atom stereocenters. The predicted octanol–water partition coefficient (Wildman–Crippen LogP) is 2.97. The largest absolute Gasteiger partial charge is 0.494 e. The van der Waals surface area contributed by atoms with Crippen LogP contribution in [-0.2, 0) is 9.53 Å². The fraction of sp³-hybridized carbons (Fsp3) is 0.400. The summed E-state index contributed by atoms with van der Waals surface area (Å²) in [7, 11) is 1.37. The molecule has 0 aliphatic heterocycles. The maximum Gasteiger partial charge on any atom is 0.333 e. The summed E-state index contributed by atoms with van der Waals surface area (Å²) in [5.74, 6) is 1.24. The molecule has 0 radical (unpaired) electrons. The summed E-state index contributed by atoms with van der Waals surface area (Å²) in [6, 6.07) is 7.37. The molecule has 0 atom stereocenters. The van der Waals surface area contributed by atoms with E-state index in [0.29, 0.717) is 25.2 Å².